The molecule has 0 atom stereocenters. The number of ether oxygens (including phenoxy) is 1. The Hall–Kier alpha value is -1.39. The summed E-state index contributed by atoms with van der Waals surface area (Å²) < 4.78 is 45.2. The van der Waals surface area contributed by atoms with E-state index in [-0.39, 0.29) is 0 Å². The topological polar surface area (TPSA) is 114 Å². The summed E-state index contributed by atoms with van der Waals surface area (Å²) in [5.74, 6) is 0.874. The molecule has 116 valence electrons. The molecule has 22 heavy (non-hydrogen) atoms. The van der Waals surface area contributed by atoms with Crippen LogP contribution in [0.3, 0.4) is 0 Å². The fourth-order valence-electron chi connectivity index (χ4n) is 1.57. The molecule has 2 aromatic carbocycles. The summed E-state index contributed by atoms with van der Waals surface area (Å²) in [6.07, 6.45) is 0. The fraction of sp³-hybridized carbons (Fsp3) is 0.0769. The Labute approximate surface area is 135 Å². The van der Waals surface area contributed by atoms with Crippen LogP contribution in [0.2, 0.25) is 0 Å². The summed E-state index contributed by atoms with van der Waals surface area (Å²) in [7, 11) is -1.75. The molecule has 6 nitrogen and oxygen atoms in total. The van der Waals surface area contributed by atoms with Gasteiger partial charge in [-0.25, -0.2) is 18.6 Å². The molecule has 0 aliphatic carbocycles. The van der Waals surface area contributed by atoms with E-state index in [4.69, 9.17) is 23.4 Å². The fourth-order valence-corrected chi connectivity index (χ4v) is 3.31. The van der Waals surface area contributed by atoms with Gasteiger partial charge in [0.25, 0.3) is 15.2 Å². The normalized spacial score (nSPS) is 10.9. The summed E-state index contributed by atoms with van der Waals surface area (Å²) in [5.41, 5.74) is 2.19. The monoisotopic (exact) mass is 359 g/mol. The molecule has 0 saturated carbocycles. The lowest BCUT2D eigenvalue weighted by Gasteiger charge is -2.17. The number of benzene rings is 2. The maximum absolute atomic E-state index is 8.49. The maximum atomic E-state index is 8.49. The van der Waals surface area contributed by atoms with Gasteiger partial charge in [-0.1, -0.05) is 30.3 Å². The molecule has 1 heterocycles. The molecule has 0 fully saturated rings. The van der Waals surface area contributed by atoms with Crippen LogP contribution in [-0.2, 0) is 6.61 Å². The Balaban J connectivity index is 0.000000309. The number of aromatic nitrogens is 1. The van der Waals surface area contributed by atoms with Crippen molar-refractivity contribution in [1.29, 1.82) is 0 Å². The minimum Gasteiger partial charge on any atom is -0.489 e. The molecule has 0 amide bonds. The quantitative estimate of drug-likeness (QED) is 0.458. The van der Waals surface area contributed by atoms with Gasteiger partial charge in [0, 0.05) is 12.1 Å². The van der Waals surface area contributed by atoms with Crippen LogP contribution in [0.15, 0.2) is 48.5 Å². The van der Waals surface area contributed by atoms with Crippen molar-refractivity contribution in [2.24, 2.45) is 0 Å². The molecular formula is C13H10ClNO5S2. The van der Waals surface area contributed by atoms with Crippen LogP contribution in [0.1, 0.15) is 5.56 Å². The first kappa shape index (κ1) is 17.0. The number of halogens is 1. The van der Waals surface area contributed by atoms with Gasteiger partial charge in [0.15, 0.2) is 5.52 Å². The summed E-state index contributed by atoms with van der Waals surface area (Å²) in [6, 6.07) is 16.2. The van der Waals surface area contributed by atoms with Gasteiger partial charge >= 0.3 is 10.3 Å². The molecule has 0 N–H and O–H groups in total. The van der Waals surface area contributed by atoms with Crippen LogP contribution in [-0.4, -0.2) is 4.37 Å². The predicted octanol–water partition coefficient (Wildman–Crippen LogP) is -0.538. The van der Waals surface area contributed by atoms with Crippen LogP contribution >= 0.6 is 20.9 Å². The van der Waals surface area contributed by atoms with E-state index in [1.54, 1.807) is 10.3 Å². The average molecular weight is 360 g/mol. The standard InChI is InChI=1S/C13H10NOS2.ClHO4/c1-2-4-10(5-3-1)9-15-11-6-7-13-12(8-11)14-17-16-13;2-1(3,4)5/h1-8H,9H2;(H,2,3,4,5)/q+1;/p-1. The van der Waals surface area contributed by atoms with E-state index < -0.39 is 10.2 Å². The van der Waals surface area contributed by atoms with E-state index in [2.05, 4.69) is 22.6 Å². The maximum Gasteiger partial charge on any atom is 0.323 e. The van der Waals surface area contributed by atoms with Gasteiger partial charge in [0.1, 0.15) is 12.4 Å². The summed E-state index contributed by atoms with van der Waals surface area (Å²) in [4.78, 5) is 0. The highest BCUT2D eigenvalue weighted by molar-refractivity contribution is 7.69. The first-order valence-electron chi connectivity index (χ1n) is 5.89. The Morgan fingerprint density at radius 1 is 1.05 bits per heavy atom. The molecule has 9 heteroatoms. The van der Waals surface area contributed by atoms with Crippen molar-refractivity contribution in [3.8, 4) is 5.75 Å². The lowest BCUT2D eigenvalue weighted by molar-refractivity contribution is -2.00. The molecule has 0 saturated heterocycles. The number of hydrogen-bond acceptors (Lipinski definition) is 7. The Morgan fingerprint density at radius 3 is 2.41 bits per heavy atom. The predicted molar refractivity (Wildman–Crippen MR) is 72.7 cm³/mol. The van der Waals surface area contributed by atoms with Crippen molar-refractivity contribution < 1.29 is 33.6 Å². The van der Waals surface area contributed by atoms with Gasteiger partial charge in [-0.05, 0) is 11.6 Å². The average Bonchev–Trinajstić information content (AvgIpc) is 2.92. The third kappa shape index (κ3) is 6.16. The highest BCUT2D eigenvalue weighted by Gasteiger charge is 2.09. The zero-order valence-electron chi connectivity index (χ0n) is 11.0. The molecule has 0 spiro atoms. The van der Waals surface area contributed by atoms with E-state index >= 15 is 0 Å². The Kier molecular flexibility index (Phi) is 5.98. The van der Waals surface area contributed by atoms with Crippen LogP contribution in [0.25, 0.3) is 10.2 Å². The SMILES string of the molecule is [O-][Cl+3]([O-])([O-])[O-].c1ccc(COc2ccc3[s+]snc3c2)cc1. The Morgan fingerprint density at radius 2 is 1.73 bits per heavy atom. The van der Waals surface area contributed by atoms with Crippen LogP contribution < -0.4 is 23.4 Å². The van der Waals surface area contributed by atoms with E-state index in [0.717, 1.165) is 11.3 Å². The van der Waals surface area contributed by atoms with E-state index in [9.17, 15) is 0 Å². The van der Waals surface area contributed by atoms with Crippen LogP contribution in [0.4, 0.5) is 0 Å². The molecule has 3 aromatic rings. The number of rotatable bonds is 3. The lowest BCUT2D eigenvalue weighted by Crippen LogP contribution is -2.68. The molecule has 0 aliphatic heterocycles. The summed E-state index contributed by atoms with van der Waals surface area (Å²) >= 11 is 0. The molecule has 0 radical (unpaired) electrons. The molecule has 3 rings (SSSR count). The second-order valence-electron chi connectivity index (χ2n) is 4.03. The lowest BCUT2D eigenvalue weighted by atomic mass is 10.2. The van der Waals surface area contributed by atoms with Gasteiger partial charge in [0.05, 0.1) is 0 Å². The summed E-state index contributed by atoms with van der Waals surface area (Å²) in [5, 5.41) is 0. The third-order valence-corrected chi connectivity index (χ3v) is 4.30. The van der Waals surface area contributed by atoms with E-state index in [0.29, 0.717) is 6.61 Å². The van der Waals surface area contributed by atoms with E-state index in [1.165, 1.54) is 20.8 Å². The summed E-state index contributed by atoms with van der Waals surface area (Å²) in [6.45, 7) is 0.597. The minimum absolute atomic E-state index is 0.597. The Bertz CT molecular complexity index is 711. The third-order valence-electron chi connectivity index (χ3n) is 2.44. The second-order valence-corrected chi connectivity index (χ2v) is 6.67. The van der Waals surface area contributed by atoms with Crippen molar-refractivity contribution in [2.45, 2.75) is 6.61 Å². The van der Waals surface area contributed by atoms with Crippen molar-refractivity contribution in [3.63, 3.8) is 0 Å². The smallest absolute Gasteiger partial charge is 0.323 e. The minimum atomic E-state index is -4.94. The molecule has 0 aliphatic rings. The number of nitrogens with zero attached hydrogens (tertiary/aromatic N) is 1. The molecule has 1 aromatic heterocycles. The molecule has 0 unspecified atom stereocenters. The zero-order chi connectivity index (χ0) is 16.0. The number of fused-ring (bicyclic) bond motifs is 1. The van der Waals surface area contributed by atoms with Crippen LogP contribution in [0, 0.1) is 10.2 Å². The first-order chi connectivity index (χ1) is 10.4. The second kappa shape index (κ2) is 7.75. The van der Waals surface area contributed by atoms with E-state index in [1.807, 2.05) is 30.3 Å². The largest absolute Gasteiger partial charge is 0.489 e. The van der Waals surface area contributed by atoms with Crippen molar-refractivity contribution in [3.05, 3.63) is 54.1 Å². The van der Waals surface area contributed by atoms with Crippen LogP contribution in [0.5, 0.6) is 5.75 Å². The highest BCUT2D eigenvalue weighted by Crippen LogP contribution is 2.26. The van der Waals surface area contributed by atoms with Gasteiger partial charge in [-0.3, -0.25) is 0 Å². The van der Waals surface area contributed by atoms with Crippen molar-refractivity contribution >= 4 is 31.1 Å². The van der Waals surface area contributed by atoms with Gasteiger partial charge in [-0.2, -0.15) is 0 Å². The van der Waals surface area contributed by atoms with Crippen molar-refractivity contribution in [1.82, 2.24) is 4.37 Å². The molecule has 0 bridgehead atoms. The number of hydrogen-bond donors (Lipinski definition) is 0. The van der Waals surface area contributed by atoms with Gasteiger partial charge in [-0.15, -0.1) is 14.6 Å². The van der Waals surface area contributed by atoms with Gasteiger partial charge in [0.2, 0.25) is 0 Å². The zero-order valence-corrected chi connectivity index (χ0v) is 13.4. The van der Waals surface area contributed by atoms with Gasteiger partial charge < -0.3 is 4.74 Å². The molecular weight excluding hydrogens is 350 g/mol. The van der Waals surface area contributed by atoms with Crippen molar-refractivity contribution in [2.75, 3.05) is 0 Å². The first-order valence-corrected chi connectivity index (χ1v) is 9.23. The highest BCUT2D eigenvalue weighted by atomic mass is 35.7.